The highest BCUT2D eigenvalue weighted by Gasteiger charge is 2.67. The van der Waals surface area contributed by atoms with Gasteiger partial charge in [-0.25, -0.2) is 22.9 Å². The normalized spacial score (nSPS) is 22.8. The van der Waals surface area contributed by atoms with Crippen LogP contribution in [0.25, 0.3) is 0 Å². The Hall–Kier alpha value is -3.04. The van der Waals surface area contributed by atoms with E-state index in [1.807, 2.05) is 0 Å². The maximum absolute atomic E-state index is 14.4. The molecule has 0 saturated carbocycles. The Labute approximate surface area is 197 Å². The standard InChI is InChI=1S/C20H21F5N4O5S/c1-18(17(30)28-11-6-7-27-14(8-11)35(26,31)32)9-19(34-3,20(23,24)25)10-29(18)13-5-4-12(21)15(22)16(13)33-2/h4-8H,9-10H2,1-3H3,(H2,26,31,32)(H,27,28,30). The number of hydrogen-bond acceptors (Lipinski definition) is 7. The van der Waals surface area contributed by atoms with Crippen LogP contribution < -0.4 is 20.1 Å². The van der Waals surface area contributed by atoms with E-state index in [1.54, 1.807) is 0 Å². The zero-order valence-electron chi connectivity index (χ0n) is 18.6. The van der Waals surface area contributed by atoms with Gasteiger partial charge >= 0.3 is 6.18 Å². The van der Waals surface area contributed by atoms with Crippen molar-refractivity contribution in [3.8, 4) is 5.75 Å². The summed E-state index contributed by atoms with van der Waals surface area (Å²) in [5, 5.41) is 6.78. The highest BCUT2D eigenvalue weighted by molar-refractivity contribution is 7.89. The lowest BCUT2D eigenvalue weighted by molar-refractivity contribution is -0.262. The van der Waals surface area contributed by atoms with Gasteiger partial charge in [0.1, 0.15) is 5.54 Å². The van der Waals surface area contributed by atoms with E-state index in [1.165, 1.54) is 6.07 Å². The van der Waals surface area contributed by atoms with Crippen molar-refractivity contribution in [1.29, 1.82) is 0 Å². The number of nitrogens with zero attached hydrogens (tertiary/aromatic N) is 2. The van der Waals surface area contributed by atoms with E-state index < -0.39 is 68.6 Å². The van der Waals surface area contributed by atoms with E-state index in [-0.39, 0.29) is 11.4 Å². The summed E-state index contributed by atoms with van der Waals surface area (Å²) in [7, 11) is -2.43. The number of amides is 1. The van der Waals surface area contributed by atoms with Crippen LogP contribution in [0.1, 0.15) is 13.3 Å². The summed E-state index contributed by atoms with van der Waals surface area (Å²) in [5.74, 6) is -4.50. The average molecular weight is 524 g/mol. The fraction of sp³-hybridized carbons (Fsp3) is 0.400. The van der Waals surface area contributed by atoms with Crippen LogP contribution in [0.15, 0.2) is 35.5 Å². The molecule has 0 bridgehead atoms. The highest BCUT2D eigenvalue weighted by atomic mass is 32.2. The molecule has 2 aromatic rings. The first-order chi connectivity index (χ1) is 16.1. The van der Waals surface area contributed by atoms with E-state index in [9.17, 15) is 35.2 Å². The second-order valence-electron chi connectivity index (χ2n) is 8.03. The third-order valence-corrected chi connectivity index (χ3v) is 6.65. The van der Waals surface area contributed by atoms with Crippen LogP contribution in [0.4, 0.5) is 33.3 Å². The molecule has 2 unspecified atom stereocenters. The molecule has 3 N–H and O–H groups in total. The van der Waals surface area contributed by atoms with Crippen molar-refractivity contribution in [2.45, 2.75) is 35.7 Å². The third kappa shape index (κ3) is 4.62. The average Bonchev–Trinajstić information content (AvgIpc) is 3.10. The van der Waals surface area contributed by atoms with Crippen molar-refractivity contribution in [2.75, 3.05) is 31.0 Å². The minimum absolute atomic E-state index is 0.130. The first-order valence-corrected chi connectivity index (χ1v) is 11.4. The van der Waals surface area contributed by atoms with E-state index >= 15 is 0 Å². The molecule has 3 rings (SSSR count). The number of pyridine rings is 1. The second kappa shape index (κ2) is 8.87. The predicted molar refractivity (Wildman–Crippen MR) is 113 cm³/mol. The number of nitrogens with two attached hydrogens (primary N) is 1. The first kappa shape index (κ1) is 26.6. The maximum atomic E-state index is 14.4. The first-order valence-electron chi connectivity index (χ1n) is 9.81. The molecule has 192 valence electrons. The summed E-state index contributed by atoms with van der Waals surface area (Å²) in [6.07, 6.45) is -4.87. The number of halogens is 5. The van der Waals surface area contributed by atoms with Gasteiger partial charge in [-0.15, -0.1) is 0 Å². The number of carbonyl (C=O) groups is 1. The van der Waals surface area contributed by atoms with Gasteiger partial charge in [0.15, 0.2) is 22.2 Å². The number of primary sulfonamides is 1. The van der Waals surface area contributed by atoms with E-state index in [2.05, 4.69) is 10.3 Å². The molecule has 2 heterocycles. The predicted octanol–water partition coefficient (Wildman–Crippen LogP) is 2.57. The number of benzene rings is 1. The Balaban J connectivity index is 2.14. The Morgan fingerprint density at radius 3 is 2.43 bits per heavy atom. The molecule has 1 aliphatic heterocycles. The smallest absolute Gasteiger partial charge is 0.419 e. The monoisotopic (exact) mass is 524 g/mol. The molecule has 1 amide bonds. The van der Waals surface area contributed by atoms with E-state index in [0.717, 1.165) is 44.4 Å². The van der Waals surface area contributed by atoms with Gasteiger partial charge < -0.3 is 19.7 Å². The van der Waals surface area contributed by atoms with Gasteiger partial charge in [0.2, 0.25) is 11.7 Å². The number of nitrogens with one attached hydrogen (secondary N) is 1. The SMILES string of the molecule is COc1c(N2CC(OC)(C(F)(F)F)CC2(C)C(=O)Nc2ccnc(S(N)(=O)=O)c2)ccc(F)c1F. The van der Waals surface area contributed by atoms with Crippen LogP contribution in [0.3, 0.4) is 0 Å². The molecular weight excluding hydrogens is 503 g/mol. The van der Waals surface area contributed by atoms with Crippen molar-refractivity contribution >= 4 is 27.3 Å². The molecule has 9 nitrogen and oxygen atoms in total. The molecule has 0 aliphatic carbocycles. The quantitative estimate of drug-likeness (QED) is 0.557. The van der Waals surface area contributed by atoms with Gasteiger partial charge in [-0.05, 0) is 25.1 Å². The minimum atomic E-state index is -4.96. The number of anilines is 2. The number of rotatable bonds is 6. The number of carbonyl (C=O) groups excluding carboxylic acids is 1. The molecule has 0 radical (unpaired) electrons. The fourth-order valence-electron chi connectivity index (χ4n) is 3.97. The van der Waals surface area contributed by atoms with Crippen LogP contribution in [0.2, 0.25) is 0 Å². The maximum Gasteiger partial charge on any atom is 0.419 e. The molecule has 1 saturated heterocycles. The lowest BCUT2D eigenvalue weighted by atomic mass is 9.89. The topological polar surface area (TPSA) is 124 Å². The molecule has 2 atom stereocenters. The van der Waals surface area contributed by atoms with Crippen molar-refractivity contribution in [3.05, 3.63) is 42.1 Å². The number of hydrogen-bond donors (Lipinski definition) is 2. The summed E-state index contributed by atoms with van der Waals surface area (Å²) in [6.45, 7) is 0.189. The second-order valence-corrected chi connectivity index (χ2v) is 9.54. The Morgan fingerprint density at radius 1 is 1.23 bits per heavy atom. The zero-order chi connectivity index (χ0) is 26.4. The summed E-state index contributed by atoms with van der Waals surface area (Å²) in [4.78, 5) is 17.9. The van der Waals surface area contributed by atoms with Gasteiger partial charge in [0, 0.05) is 31.5 Å². The summed E-state index contributed by atoms with van der Waals surface area (Å²) in [5.41, 5.74) is -5.38. The molecule has 1 aromatic carbocycles. The van der Waals surface area contributed by atoms with Crippen LogP contribution >= 0.6 is 0 Å². The molecule has 1 aromatic heterocycles. The Morgan fingerprint density at radius 2 is 1.89 bits per heavy atom. The molecule has 1 aliphatic rings. The molecule has 35 heavy (non-hydrogen) atoms. The molecule has 0 spiro atoms. The lowest BCUT2D eigenvalue weighted by Gasteiger charge is -2.36. The minimum Gasteiger partial charge on any atom is -0.491 e. The highest BCUT2D eigenvalue weighted by Crippen LogP contribution is 2.51. The van der Waals surface area contributed by atoms with Gasteiger partial charge in [-0.2, -0.15) is 17.6 Å². The number of aromatic nitrogens is 1. The van der Waals surface area contributed by atoms with Crippen molar-refractivity contribution < 1.29 is 44.6 Å². The third-order valence-electron chi connectivity index (χ3n) is 5.84. The Bertz CT molecular complexity index is 1260. The van der Waals surface area contributed by atoms with Gasteiger partial charge in [0.05, 0.1) is 19.3 Å². The molecule has 15 heteroatoms. The summed E-state index contributed by atoms with van der Waals surface area (Å²) in [6, 6.07) is 3.78. The van der Waals surface area contributed by atoms with Crippen LogP contribution in [0.5, 0.6) is 5.75 Å². The molecular formula is C20H21F5N4O5S. The van der Waals surface area contributed by atoms with E-state index in [4.69, 9.17) is 14.6 Å². The van der Waals surface area contributed by atoms with Crippen LogP contribution in [0, 0.1) is 11.6 Å². The van der Waals surface area contributed by atoms with Gasteiger partial charge in [-0.3, -0.25) is 4.79 Å². The zero-order valence-corrected chi connectivity index (χ0v) is 19.4. The number of ether oxygens (including phenoxy) is 2. The number of alkyl halides is 3. The Kier molecular flexibility index (Phi) is 6.73. The van der Waals surface area contributed by atoms with Crippen molar-refractivity contribution in [3.63, 3.8) is 0 Å². The van der Waals surface area contributed by atoms with Crippen LogP contribution in [-0.4, -0.2) is 57.4 Å². The fourth-order valence-corrected chi connectivity index (χ4v) is 4.47. The van der Waals surface area contributed by atoms with Gasteiger partial charge in [-0.1, -0.05) is 0 Å². The number of sulfonamides is 1. The van der Waals surface area contributed by atoms with Crippen LogP contribution in [-0.2, 0) is 19.6 Å². The summed E-state index contributed by atoms with van der Waals surface area (Å²) < 4.78 is 103. The van der Waals surface area contributed by atoms with Gasteiger partial charge in [0.25, 0.3) is 10.0 Å². The lowest BCUT2D eigenvalue weighted by Crippen LogP contribution is -2.51. The largest absolute Gasteiger partial charge is 0.491 e. The summed E-state index contributed by atoms with van der Waals surface area (Å²) >= 11 is 0. The van der Waals surface area contributed by atoms with Crippen molar-refractivity contribution in [1.82, 2.24) is 4.98 Å². The molecule has 1 fully saturated rings. The van der Waals surface area contributed by atoms with Crippen molar-refractivity contribution in [2.24, 2.45) is 5.14 Å². The number of methoxy groups -OCH3 is 2. The van der Waals surface area contributed by atoms with E-state index in [0.29, 0.717) is 6.07 Å².